The summed E-state index contributed by atoms with van der Waals surface area (Å²) in [5.74, 6) is 0.381. The predicted octanol–water partition coefficient (Wildman–Crippen LogP) is 3.38. The molecule has 1 atom stereocenters. The van der Waals surface area contributed by atoms with Gasteiger partial charge in [-0.3, -0.25) is 9.48 Å². The van der Waals surface area contributed by atoms with Gasteiger partial charge in [0.2, 0.25) is 0 Å². The minimum absolute atomic E-state index is 0.114. The van der Waals surface area contributed by atoms with E-state index in [0.717, 1.165) is 34.3 Å². The van der Waals surface area contributed by atoms with Crippen LogP contribution < -0.4 is 17.0 Å². The molecule has 3 aromatic heterocycles. The first-order valence-corrected chi connectivity index (χ1v) is 11.7. The van der Waals surface area contributed by atoms with Crippen molar-refractivity contribution in [3.63, 3.8) is 0 Å². The lowest BCUT2D eigenvalue weighted by Gasteiger charge is -2.13. The number of aryl methyl sites for hydroxylation is 1. The van der Waals surface area contributed by atoms with Gasteiger partial charge in [-0.2, -0.15) is 5.10 Å². The molecule has 1 aliphatic carbocycles. The fraction of sp³-hybridized carbons (Fsp3) is 0.250. The van der Waals surface area contributed by atoms with E-state index in [0.29, 0.717) is 27.6 Å². The molecule has 0 aliphatic heterocycles. The maximum absolute atomic E-state index is 13.8. The van der Waals surface area contributed by atoms with E-state index in [2.05, 4.69) is 5.10 Å². The molecule has 1 saturated carbocycles. The van der Waals surface area contributed by atoms with E-state index in [1.54, 1.807) is 10.7 Å². The van der Waals surface area contributed by atoms with Gasteiger partial charge in [0.15, 0.2) is 5.65 Å². The van der Waals surface area contributed by atoms with Crippen molar-refractivity contribution in [1.29, 1.82) is 0 Å². The summed E-state index contributed by atoms with van der Waals surface area (Å²) in [5.41, 5.74) is 8.56. The molecule has 1 fully saturated rings. The Kier molecular flexibility index (Phi) is 4.40. The first-order chi connectivity index (χ1) is 15.9. The SMILES string of the molecule is CC(N)c1ccc(-n2c(=O)n(-c3ccc4nn(C)cc4c3)c(=O)c3sc(C4CC4)nc32)cc1. The van der Waals surface area contributed by atoms with Gasteiger partial charge < -0.3 is 5.73 Å². The smallest absolute Gasteiger partial charge is 0.324 e. The average molecular weight is 459 g/mol. The van der Waals surface area contributed by atoms with Gasteiger partial charge >= 0.3 is 5.69 Å². The van der Waals surface area contributed by atoms with Crippen LogP contribution in [0.15, 0.2) is 58.3 Å². The van der Waals surface area contributed by atoms with Crippen LogP contribution in [-0.4, -0.2) is 23.9 Å². The lowest BCUT2D eigenvalue weighted by atomic mass is 10.1. The highest BCUT2D eigenvalue weighted by Crippen LogP contribution is 2.42. The van der Waals surface area contributed by atoms with Crippen LogP contribution in [0.5, 0.6) is 0 Å². The predicted molar refractivity (Wildman–Crippen MR) is 130 cm³/mol. The summed E-state index contributed by atoms with van der Waals surface area (Å²) in [6.45, 7) is 1.91. The van der Waals surface area contributed by atoms with E-state index >= 15 is 0 Å². The first kappa shape index (κ1) is 20.1. The van der Waals surface area contributed by atoms with Gasteiger partial charge in [-0.1, -0.05) is 12.1 Å². The average Bonchev–Trinajstić information content (AvgIpc) is 3.43. The van der Waals surface area contributed by atoms with E-state index in [1.807, 2.05) is 56.6 Å². The van der Waals surface area contributed by atoms with Crippen LogP contribution in [0.1, 0.15) is 42.3 Å². The van der Waals surface area contributed by atoms with Crippen LogP contribution in [0.2, 0.25) is 0 Å². The van der Waals surface area contributed by atoms with Crippen LogP contribution in [0, 0.1) is 0 Å². The molecule has 6 rings (SSSR count). The zero-order valence-corrected chi connectivity index (χ0v) is 19.0. The van der Waals surface area contributed by atoms with Crippen molar-refractivity contribution >= 4 is 32.6 Å². The third-order valence-corrected chi connectivity index (χ3v) is 7.28. The number of hydrogen-bond donors (Lipinski definition) is 1. The zero-order valence-electron chi connectivity index (χ0n) is 18.2. The fourth-order valence-electron chi connectivity index (χ4n) is 4.17. The molecular weight excluding hydrogens is 436 g/mol. The normalized spacial score (nSPS) is 14.9. The molecule has 1 unspecified atom stereocenters. The first-order valence-electron chi connectivity index (χ1n) is 10.9. The minimum atomic E-state index is -0.447. The van der Waals surface area contributed by atoms with E-state index in [1.165, 1.54) is 20.5 Å². The number of thiazole rings is 1. The number of aromatic nitrogens is 5. The summed E-state index contributed by atoms with van der Waals surface area (Å²) < 4.78 is 4.98. The highest BCUT2D eigenvalue weighted by Gasteiger charge is 2.29. The lowest BCUT2D eigenvalue weighted by Crippen LogP contribution is -2.38. The second-order valence-corrected chi connectivity index (χ2v) is 9.69. The Labute approximate surface area is 192 Å². The van der Waals surface area contributed by atoms with Gasteiger partial charge in [0.05, 0.1) is 21.9 Å². The summed E-state index contributed by atoms with van der Waals surface area (Å²) in [6.07, 6.45) is 4.00. The molecule has 0 radical (unpaired) electrons. The van der Waals surface area contributed by atoms with E-state index in [-0.39, 0.29) is 11.6 Å². The van der Waals surface area contributed by atoms with Crippen LogP contribution in [-0.2, 0) is 7.05 Å². The van der Waals surface area contributed by atoms with Crippen molar-refractivity contribution in [3.8, 4) is 11.4 Å². The molecule has 2 aromatic carbocycles. The Morgan fingerprint density at radius 3 is 2.48 bits per heavy atom. The number of hydrogen-bond acceptors (Lipinski definition) is 6. The monoisotopic (exact) mass is 458 g/mol. The van der Waals surface area contributed by atoms with Crippen LogP contribution in [0.3, 0.4) is 0 Å². The maximum Gasteiger partial charge on any atom is 0.342 e. The van der Waals surface area contributed by atoms with Crippen molar-refractivity contribution < 1.29 is 0 Å². The van der Waals surface area contributed by atoms with Crippen molar-refractivity contribution in [3.05, 3.63) is 80.1 Å². The summed E-state index contributed by atoms with van der Waals surface area (Å²) in [5, 5.41) is 6.17. The van der Waals surface area contributed by atoms with Crippen LogP contribution in [0.25, 0.3) is 32.6 Å². The summed E-state index contributed by atoms with van der Waals surface area (Å²) in [6, 6.07) is 12.8. The van der Waals surface area contributed by atoms with E-state index < -0.39 is 5.69 Å². The minimum Gasteiger partial charge on any atom is -0.324 e. The van der Waals surface area contributed by atoms with Crippen molar-refractivity contribution in [2.45, 2.75) is 31.7 Å². The second kappa shape index (κ2) is 7.23. The fourth-order valence-corrected chi connectivity index (χ4v) is 5.32. The molecule has 1 aliphatic rings. The Morgan fingerprint density at radius 2 is 1.79 bits per heavy atom. The molecule has 8 nitrogen and oxygen atoms in total. The van der Waals surface area contributed by atoms with Gasteiger partial charge in [0, 0.05) is 30.6 Å². The molecule has 5 aromatic rings. The van der Waals surface area contributed by atoms with Crippen molar-refractivity contribution in [2.75, 3.05) is 0 Å². The van der Waals surface area contributed by atoms with E-state index in [4.69, 9.17) is 10.7 Å². The molecule has 0 saturated heterocycles. The Morgan fingerprint density at radius 1 is 1.06 bits per heavy atom. The van der Waals surface area contributed by atoms with Crippen LogP contribution in [0.4, 0.5) is 0 Å². The van der Waals surface area contributed by atoms with Crippen molar-refractivity contribution in [2.24, 2.45) is 12.8 Å². The highest BCUT2D eigenvalue weighted by molar-refractivity contribution is 7.18. The van der Waals surface area contributed by atoms with Crippen LogP contribution >= 0.6 is 11.3 Å². The summed E-state index contributed by atoms with van der Waals surface area (Å²) >= 11 is 1.40. The van der Waals surface area contributed by atoms with Gasteiger partial charge in [-0.05, 0) is 55.7 Å². The van der Waals surface area contributed by atoms with E-state index in [9.17, 15) is 9.59 Å². The molecule has 166 valence electrons. The van der Waals surface area contributed by atoms with Gasteiger partial charge in [-0.25, -0.2) is 18.9 Å². The second-order valence-electron chi connectivity index (χ2n) is 8.66. The number of nitrogens with zero attached hydrogens (tertiary/aromatic N) is 5. The lowest BCUT2D eigenvalue weighted by molar-refractivity contribution is 0.780. The molecule has 0 spiro atoms. The molecule has 2 N–H and O–H groups in total. The standard InChI is InChI=1S/C24H22N6O2S/c1-13(25)14-5-7-17(8-6-14)29-21-20(33-22(26-21)15-3-4-15)23(31)30(24(29)32)18-9-10-19-16(11-18)12-28(2)27-19/h5-13,15H,3-4,25H2,1-2H3. The number of benzene rings is 2. The molecule has 3 heterocycles. The number of fused-ring (bicyclic) bond motifs is 2. The topological polar surface area (TPSA) is 101 Å². The summed E-state index contributed by atoms with van der Waals surface area (Å²) in [7, 11) is 1.84. The molecular formula is C24H22N6O2S. The molecule has 0 bridgehead atoms. The summed E-state index contributed by atoms with van der Waals surface area (Å²) in [4.78, 5) is 32.1. The number of rotatable bonds is 4. The Balaban J connectivity index is 1.65. The van der Waals surface area contributed by atoms with Gasteiger partial charge in [0.25, 0.3) is 5.56 Å². The zero-order chi connectivity index (χ0) is 22.9. The third kappa shape index (κ3) is 3.23. The highest BCUT2D eigenvalue weighted by atomic mass is 32.1. The number of nitrogens with two attached hydrogens (primary N) is 1. The third-order valence-electron chi connectivity index (χ3n) is 6.08. The largest absolute Gasteiger partial charge is 0.342 e. The Hall–Kier alpha value is -3.56. The molecule has 0 amide bonds. The van der Waals surface area contributed by atoms with Gasteiger partial charge in [-0.15, -0.1) is 11.3 Å². The molecule has 9 heteroatoms. The quantitative estimate of drug-likeness (QED) is 0.445. The molecule has 33 heavy (non-hydrogen) atoms. The van der Waals surface area contributed by atoms with Gasteiger partial charge in [0.1, 0.15) is 4.70 Å². The maximum atomic E-state index is 13.8. The van der Waals surface area contributed by atoms with Crippen molar-refractivity contribution in [1.82, 2.24) is 23.9 Å². The Bertz CT molecular complexity index is 1650.